The third kappa shape index (κ3) is 4.16. The van der Waals surface area contributed by atoms with Gasteiger partial charge in [0.2, 0.25) is 10.0 Å². The number of nitrogens with one attached hydrogen (secondary N) is 1. The highest BCUT2D eigenvalue weighted by molar-refractivity contribution is 9.10. The molecule has 2 aromatic rings. The Bertz CT molecular complexity index is 750. The van der Waals surface area contributed by atoms with Crippen LogP contribution >= 0.6 is 15.9 Å². The van der Waals surface area contributed by atoms with Crippen molar-refractivity contribution in [3.8, 4) is 5.75 Å². The van der Waals surface area contributed by atoms with Gasteiger partial charge >= 0.3 is 0 Å². The van der Waals surface area contributed by atoms with Crippen LogP contribution in [0.4, 0.5) is 5.69 Å². The van der Waals surface area contributed by atoms with E-state index in [1.54, 1.807) is 6.07 Å². The van der Waals surface area contributed by atoms with E-state index in [1.165, 1.54) is 19.2 Å². The number of pyridine rings is 1. The minimum absolute atomic E-state index is 0.0213. The van der Waals surface area contributed by atoms with Crippen molar-refractivity contribution >= 4 is 31.6 Å². The number of nitrogens with two attached hydrogens (primary N) is 1. The fourth-order valence-corrected chi connectivity index (χ4v) is 2.66. The Morgan fingerprint density at radius 1 is 1.33 bits per heavy atom. The Kier molecular flexibility index (Phi) is 4.81. The van der Waals surface area contributed by atoms with E-state index in [0.717, 1.165) is 10.3 Å². The van der Waals surface area contributed by atoms with Gasteiger partial charge < -0.3 is 10.1 Å². The zero-order valence-corrected chi connectivity index (χ0v) is 13.6. The third-order valence-corrected chi connectivity index (χ3v) is 4.08. The predicted molar refractivity (Wildman–Crippen MR) is 83.6 cm³/mol. The summed E-state index contributed by atoms with van der Waals surface area (Å²) in [6.45, 7) is 0.421. The molecular formula is C13H14BrN3O3S. The third-order valence-electron chi connectivity index (χ3n) is 2.73. The Hall–Kier alpha value is -1.64. The molecule has 0 saturated carbocycles. The summed E-state index contributed by atoms with van der Waals surface area (Å²) >= 11 is 3.29. The van der Waals surface area contributed by atoms with E-state index in [-0.39, 0.29) is 4.90 Å². The predicted octanol–water partition coefficient (Wildman–Crippen LogP) is 2.11. The van der Waals surface area contributed by atoms with E-state index in [2.05, 4.69) is 26.2 Å². The molecule has 0 aliphatic rings. The Balaban J connectivity index is 2.25. The monoisotopic (exact) mass is 371 g/mol. The zero-order valence-electron chi connectivity index (χ0n) is 11.2. The van der Waals surface area contributed by atoms with E-state index in [0.29, 0.717) is 18.0 Å². The number of hydrogen-bond donors (Lipinski definition) is 2. The average molecular weight is 372 g/mol. The number of rotatable bonds is 5. The molecule has 0 atom stereocenters. The average Bonchev–Trinajstić information content (AvgIpc) is 2.44. The van der Waals surface area contributed by atoms with Crippen molar-refractivity contribution in [1.29, 1.82) is 0 Å². The van der Waals surface area contributed by atoms with Crippen LogP contribution in [-0.2, 0) is 16.6 Å². The number of nitrogens with zero attached hydrogens (tertiary/aromatic N) is 1. The Labute approximate surface area is 131 Å². The molecule has 21 heavy (non-hydrogen) atoms. The SMILES string of the molecule is COc1ccc(S(N)(=O)=O)cc1NCc1cccc(Br)n1. The van der Waals surface area contributed by atoms with Gasteiger partial charge in [-0.3, -0.25) is 0 Å². The number of aromatic nitrogens is 1. The first-order chi connectivity index (χ1) is 9.90. The van der Waals surface area contributed by atoms with E-state index in [9.17, 15) is 8.42 Å². The highest BCUT2D eigenvalue weighted by atomic mass is 79.9. The number of primary sulfonamides is 1. The summed E-state index contributed by atoms with van der Waals surface area (Å²) in [6, 6.07) is 9.94. The smallest absolute Gasteiger partial charge is 0.238 e. The van der Waals surface area contributed by atoms with Crippen molar-refractivity contribution in [2.24, 2.45) is 5.14 Å². The molecule has 2 rings (SSSR count). The lowest BCUT2D eigenvalue weighted by molar-refractivity contribution is 0.416. The van der Waals surface area contributed by atoms with Gasteiger partial charge in [0.1, 0.15) is 10.4 Å². The second kappa shape index (κ2) is 6.42. The lowest BCUT2D eigenvalue weighted by atomic mass is 10.2. The van der Waals surface area contributed by atoms with Crippen molar-refractivity contribution in [3.63, 3.8) is 0 Å². The zero-order chi connectivity index (χ0) is 15.5. The quantitative estimate of drug-likeness (QED) is 0.784. The van der Waals surface area contributed by atoms with E-state index < -0.39 is 10.0 Å². The van der Waals surface area contributed by atoms with E-state index in [1.807, 2.05) is 18.2 Å². The molecule has 0 aliphatic carbocycles. The first-order valence-electron chi connectivity index (χ1n) is 5.96. The van der Waals surface area contributed by atoms with Crippen molar-refractivity contribution in [1.82, 2.24) is 4.98 Å². The topological polar surface area (TPSA) is 94.3 Å². The number of anilines is 1. The first-order valence-corrected chi connectivity index (χ1v) is 8.30. The van der Waals surface area contributed by atoms with Crippen LogP contribution < -0.4 is 15.2 Å². The molecule has 6 nitrogen and oxygen atoms in total. The summed E-state index contributed by atoms with van der Waals surface area (Å²) in [7, 11) is -2.25. The maximum Gasteiger partial charge on any atom is 0.238 e. The number of methoxy groups -OCH3 is 1. The molecule has 0 unspecified atom stereocenters. The summed E-state index contributed by atoms with van der Waals surface area (Å²) in [5.74, 6) is 0.525. The van der Waals surface area contributed by atoms with Crippen molar-refractivity contribution in [2.45, 2.75) is 11.4 Å². The lowest BCUT2D eigenvalue weighted by Crippen LogP contribution is -2.13. The number of sulfonamides is 1. The summed E-state index contributed by atoms with van der Waals surface area (Å²) in [5.41, 5.74) is 1.33. The van der Waals surface area contributed by atoms with Crippen molar-refractivity contribution in [2.75, 3.05) is 12.4 Å². The van der Waals surface area contributed by atoms with Gasteiger partial charge in [0, 0.05) is 0 Å². The van der Waals surface area contributed by atoms with Crippen LogP contribution in [-0.4, -0.2) is 20.5 Å². The molecule has 0 spiro atoms. The van der Waals surface area contributed by atoms with Crippen LogP contribution in [0, 0.1) is 0 Å². The minimum atomic E-state index is -3.76. The van der Waals surface area contributed by atoms with Gasteiger partial charge in [0.15, 0.2) is 0 Å². The summed E-state index contributed by atoms with van der Waals surface area (Å²) in [4.78, 5) is 4.31. The van der Waals surface area contributed by atoms with Crippen LogP contribution in [0.25, 0.3) is 0 Å². The van der Waals surface area contributed by atoms with Crippen LogP contribution in [0.15, 0.2) is 45.9 Å². The number of hydrogen-bond acceptors (Lipinski definition) is 5. The van der Waals surface area contributed by atoms with Gasteiger partial charge in [0.25, 0.3) is 0 Å². The van der Waals surface area contributed by atoms with Gasteiger partial charge in [-0.05, 0) is 46.3 Å². The molecule has 0 bridgehead atoms. The van der Waals surface area contributed by atoms with E-state index in [4.69, 9.17) is 9.88 Å². The van der Waals surface area contributed by atoms with Gasteiger partial charge in [-0.25, -0.2) is 18.5 Å². The largest absolute Gasteiger partial charge is 0.495 e. The second-order valence-corrected chi connectivity index (χ2v) is 6.59. The van der Waals surface area contributed by atoms with Crippen molar-refractivity contribution in [3.05, 3.63) is 46.7 Å². The lowest BCUT2D eigenvalue weighted by Gasteiger charge is -2.12. The molecule has 1 aromatic carbocycles. The van der Waals surface area contributed by atoms with Crippen molar-refractivity contribution < 1.29 is 13.2 Å². The van der Waals surface area contributed by atoms with Gasteiger partial charge in [-0.15, -0.1) is 0 Å². The van der Waals surface area contributed by atoms with Crippen LogP contribution in [0.3, 0.4) is 0 Å². The molecule has 112 valence electrons. The summed E-state index contributed by atoms with van der Waals surface area (Å²) in [5, 5.41) is 8.22. The van der Waals surface area contributed by atoms with Crippen LogP contribution in [0.1, 0.15) is 5.69 Å². The molecule has 3 N–H and O–H groups in total. The highest BCUT2D eigenvalue weighted by Crippen LogP contribution is 2.27. The second-order valence-electron chi connectivity index (χ2n) is 4.21. The minimum Gasteiger partial charge on any atom is -0.495 e. The highest BCUT2D eigenvalue weighted by Gasteiger charge is 2.12. The van der Waals surface area contributed by atoms with Gasteiger partial charge in [0.05, 0.1) is 29.9 Å². The number of ether oxygens (including phenoxy) is 1. The normalized spacial score (nSPS) is 11.2. The molecule has 0 radical (unpaired) electrons. The molecule has 0 amide bonds. The van der Waals surface area contributed by atoms with Crippen LogP contribution in [0.2, 0.25) is 0 Å². The van der Waals surface area contributed by atoms with E-state index >= 15 is 0 Å². The Morgan fingerprint density at radius 3 is 2.71 bits per heavy atom. The number of benzene rings is 1. The molecule has 1 heterocycles. The number of halogens is 1. The first kappa shape index (κ1) is 15.7. The molecule has 0 aliphatic heterocycles. The molecule has 0 saturated heterocycles. The fraction of sp³-hybridized carbons (Fsp3) is 0.154. The molecule has 8 heteroatoms. The van der Waals surface area contributed by atoms with Gasteiger partial charge in [-0.2, -0.15) is 0 Å². The Morgan fingerprint density at radius 2 is 2.10 bits per heavy atom. The maximum atomic E-state index is 11.4. The molecule has 0 fully saturated rings. The maximum absolute atomic E-state index is 11.4. The van der Waals surface area contributed by atoms with Crippen LogP contribution in [0.5, 0.6) is 5.75 Å². The standard InChI is InChI=1S/C13H14BrN3O3S/c1-20-12-6-5-10(21(15,18)19)7-11(12)16-8-9-3-2-4-13(14)17-9/h2-7,16H,8H2,1H3,(H2,15,18,19). The van der Waals surface area contributed by atoms with Gasteiger partial charge in [-0.1, -0.05) is 6.07 Å². The fourth-order valence-electron chi connectivity index (χ4n) is 1.74. The molecule has 1 aromatic heterocycles. The molecular weight excluding hydrogens is 358 g/mol. The summed E-state index contributed by atoms with van der Waals surface area (Å²) in [6.07, 6.45) is 0. The summed E-state index contributed by atoms with van der Waals surface area (Å²) < 4.78 is 28.7.